The number of nitrogens with zero attached hydrogens (tertiary/aromatic N) is 2. The van der Waals surface area contributed by atoms with Crippen LogP contribution in [0.15, 0.2) is 6.20 Å². The van der Waals surface area contributed by atoms with E-state index >= 15 is 0 Å². The number of hydrogen-bond acceptors (Lipinski definition) is 6. The number of aliphatic hydroxyl groups is 1. The molecule has 2 N–H and O–H groups in total. The molecule has 0 spiro atoms. The molecule has 0 aromatic carbocycles. The Hall–Kier alpha value is -1.16. The Bertz CT molecular complexity index is 337. The maximum absolute atomic E-state index is 9.66. The van der Waals surface area contributed by atoms with Gasteiger partial charge in [0.05, 0.1) is 17.8 Å². The molecule has 0 aliphatic carbocycles. The third-order valence-corrected chi connectivity index (χ3v) is 2.60. The highest BCUT2D eigenvalue weighted by Crippen LogP contribution is 2.05. The van der Waals surface area contributed by atoms with Crippen LogP contribution in [0.25, 0.3) is 0 Å². The monoisotopic (exact) mass is 255 g/mol. The first-order valence-corrected chi connectivity index (χ1v) is 6.27. The van der Waals surface area contributed by atoms with Crippen LogP contribution in [0.4, 0.5) is 0 Å². The van der Waals surface area contributed by atoms with Gasteiger partial charge < -0.3 is 15.2 Å². The van der Waals surface area contributed by atoms with Crippen LogP contribution in [-0.4, -0.2) is 39.2 Å². The number of terminal acetylenes is 1. The van der Waals surface area contributed by atoms with Crippen LogP contribution in [0.5, 0.6) is 5.88 Å². The lowest BCUT2D eigenvalue weighted by Gasteiger charge is -2.15. The predicted molar refractivity (Wildman–Crippen MR) is 66.9 cm³/mol. The van der Waals surface area contributed by atoms with Crippen molar-refractivity contribution >= 4 is 11.7 Å². The fourth-order valence-corrected chi connectivity index (χ4v) is 1.64. The number of aromatic nitrogens is 2. The van der Waals surface area contributed by atoms with Crippen molar-refractivity contribution in [1.29, 1.82) is 0 Å². The largest absolute Gasteiger partial charge is 0.473 e. The molecule has 2 unspecified atom stereocenters. The van der Waals surface area contributed by atoms with E-state index in [4.69, 9.17) is 11.2 Å². The van der Waals surface area contributed by atoms with Crippen molar-refractivity contribution < 1.29 is 9.84 Å². The molecule has 1 aromatic heterocycles. The Morgan fingerprint density at radius 3 is 3.12 bits per heavy atom. The number of rotatable bonds is 8. The van der Waals surface area contributed by atoms with Gasteiger partial charge in [-0.05, 0) is 6.42 Å². The van der Waals surface area contributed by atoms with Gasteiger partial charge in [-0.25, -0.2) is 0 Å². The highest BCUT2D eigenvalue weighted by atomic mass is 32.1. The minimum Gasteiger partial charge on any atom is -0.473 e. The molecular formula is C11H17N3O2S. The summed E-state index contributed by atoms with van der Waals surface area (Å²) in [6.07, 6.45) is 8.18. The van der Waals surface area contributed by atoms with Crippen molar-refractivity contribution in [1.82, 2.24) is 14.1 Å². The van der Waals surface area contributed by atoms with Crippen molar-refractivity contribution in [2.75, 3.05) is 13.2 Å². The Balaban J connectivity index is 2.16. The Kier molecular flexibility index (Phi) is 6.55. The van der Waals surface area contributed by atoms with Gasteiger partial charge in [-0.3, -0.25) is 0 Å². The van der Waals surface area contributed by atoms with Crippen molar-refractivity contribution in [2.45, 2.75) is 31.9 Å². The first-order valence-electron chi connectivity index (χ1n) is 5.54. The summed E-state index contributed by atoms with van der Waals surface area (Å²) in [6, 6.07) is 0.00980. The lowest BCUT2D eigenvalue weighted by Crippen LogP contribution is -2.37. The Labute approximate surface area is 106 Å². The van der Waals surface area contributed by atoms with Gasteiger partial charge in [-0.1, -0.05) is 19.3 Å². The van der Waals surface area contributed by atoms with Gasteiger partial charge in [-0.2, -0.15) is 4.37 Å². The van der Waals surface area contributed by atoms with Gasteiger partial charge >= 0.3 is 0 Å². The van der Waals surface area contributed by atoms with Crippen LogP contribution < -0.4 is 10.1 Å². The smallest absolute Gasteiger partial charge is 0.245 e. The third-order valence-electron chi connectivity index (χ3n) is 2.14. The Morgan fingerprint density at radius 2 is 2.53 bits per heavy atom. The molecule has 5 nitrogen and oxygen atoms in total. The SMILES string of the molecule is C#CC(CCC)NCC(O)COc1cnsn1. The van der Waals surface area contributed by atoms with E-state index in [1.54, 1.807) is 0 Å². The predicted octanol–water partition coefficient (Wildman–Crippen LogP) is 0.669. The molecule has 0 bridgehead atoms. The zero-order chi connectivity index (χ0) is 12.5. The average molecular weight is 255 g/mol. The summed E-state index contributed by atoms with van der Waals surface area (Å²) in [5.74, 6) is 3.09. The summed E-state index contributed by atoms with van der Waals surface area (Å²) in [4.78, 5) is 0. The normalized spacial score (nSPS) is 13.9. The molecule has 0 saturated carbocycles. The highest BCUT2D eigenvalue weighted by molar-refractivity contribution is 6.99. The summed E-state index contributed by atoms with van der Waals surface area (Å²) in [5.41, 5.74) is 0. The lowest BCUT2D eigenvalue weighted by molar-refractivity contribution is 0.103. The van der Waals surface area contributed by atoms with Gasteiger partial charge in [0.1, 0.15) is 18.9 Å². The minimum atomic E-state index is -0.607. The van der Waals surface area contributed by atoms with Crippen LogP contribution in [0.3, 0.4) is 0 Å². The van der Waals surface area contributed by atoms with E-state index in [0.717, 1.165) is 24.6 Å². The molecule has 1 aromatic rings. The quantitative estimate of drug-likeness (QED) is 0.668. The minimum absolute atomic E-state index is 0.00980. The van der Waals surface area contributed by atoms with E-state index in [-0.39, 0.29) is 12.6 Å². The first kappa shape index (κ1) is 13.9. The standard InChI is InChI=1S/C11H17N3O2S/c1-3-5-9(4-2)12-6-10(15)8-16-11-7-13-17-14-11/h2,7,9-10,12,15H,3,5-6,8H2,1H3. The second kappa shape index (κ2) is 8.01. The van der Waals surface area contributed by atoms with Crippen LogP contribution in [0.1, 0.15) is 19.8 Å². The van der Waals surface area contributed by atoms with Gasteiger partial charge in [-0.15, -0.1) is 10.8 Å². The molecule has 17 heavy (non-hydrogen) atoms. The second-order valence-electron chi connectivity index (χ2n) is 3.63. The number of aliphatic hydroxyl groups excluding tert-OH is 1. The number of nitrogens with one attached hydrogen (secondary N) is 1. The van der Waals surface area contributed by atoms with Gasteiger partial charge in [0.15, 0.2) is 0 Å². The van der Waals surface area contributed by atoms with E-state index in [9.17, 15) is 5.11 Å². The van der Waals surface area contributed by atoms with Crippen LogP contribution >= 0.6 is 11.7 Å². The van der Waals surface area contributed by atoms with Gasteiger partial charge in [0.25, 0.3) is 0 Å². The fraction of sp³-hybridized carbons (Fsp3) is 0.636. The van der Waals surface area contributed by atoms with Gasteiger partial charge in [0.2, 0.25) is 5.88 Å². The van der Waals surface area contributed by atoms with Crippen molar-refractivity contribution in [3.05, 3.63) is 6.20 Å². The van der Waals surface area contributed by atoms with E-state index in [2.05, 4.69) is 26.9 Å². The molecule has 1 heterocycles. The van der Waals surface area contributed by atoms with E-state index < -0.39 is 6.10 Å². The number of ether oxygens (including phenoxy) is 1. The summed E-state index contributed by atoms with van der Waals surface area (Å²) in [6.45, 7) is 2.66. The zero-order valence-corrected chi connectivity index (χ0v) is 10.6. The molecule has 0 amide bonds. The first-order chi connectivity index (χ1) is 8.26. The average Bonchev–Trinajstić information content (AvgIpc) is 2.85. The summed E-state index contributed by atoms with van der Waals surface area (Å²) < 4.78 is 12.9. The second-order valence-corrected chi connectivity index (χ2v) is 4.18. The molecular weight excluding hydrogens is 238 g/mol. The van der Waals surface area contributed by atoms with Crippen LogP contribution in [-0.2, 0) is 0 Å². The molecule has 94 valence electrons. The zero-order valence-electron chi connectivity index (χ0n) is 9.80. The molecule has 0 aliphatic heterocycles. The third kappa shape index (κ3) is 5.63. The fourth-order valence-electron chi connectivity index (χ4n) is 1.27. The maximum Gasteiger partial charge on any atom is 0.245 e. The van der Waals surface area contributed by atoms with Crippen LogP contribution in [0, 0.1) is 12.3 Å². The maximum atomic E-state index is 9.66. The lowest BCUT2D eigenvalue weighted by atomic mass is 10.2. The molecule has 0 aliphatic rings. The van der Waals surface area contributed by atoms with E-state index in [1.807, 2.05) is 0 Å². The molecule has 1 rings (SSSR count). The van der Waals surface area contributed by atoms with Crippen molar-refractivity contribution in [2.24, 2.45) is 0 Å². The van der Waals surface area contributed by atoms with Crippen LogP contribution in [0.2, 0.25) is 0 Å². The van der Waals surface area contributed by atoms with Crippen molar-refractivity contribution in [3.8, 4) is 18.2 Å². The molecule has 0 fully saturated rings. The molecule has 6 heteroatoms. The molecule has 0 radical (unpaired) electrons. The van der Waals surface area contributed by atoms with E-state index in [1.165, 1.54) is 6.20 Å². The summed E-state index contributed by atoms with van der Waals surface area (Å²) in [5, 5.41) is 12.8. The van der Waals surface area contributed by atoms with Gasteiger partial charge in [0, 0.05) is 6.54 Å². The Morgan fingerprint density at radius 1 is 1.71 bits per heavy atom. The number of hydrogen-bond donors (Lipinski definition) is 2. The summed E-state index contributed by atoms with van der Waals surface area (Å²) >= 11 is 1.07. The van der Waals surface area contributed by atoms with E-state index in [0.29, 0.717) is 12.4 Å². The van der Waals surface area contributed by atoms with Crippen molar-refractivity contribution in [3.63, 3.8) is 0 Å². The highest BCUT2D eigenvalue weighted by Gasteiger charge is 2.09. The summed E-state index contributed by atoms with van der Waals surface area (Å²) in [7, 11) is 0. The topological polar surface area (TPSA) is 67.3 Å². The molecule has 0 saturated heterocycles. The molecule has 2 atom stereocenters.